The molecule has 0 bridgehead atoms. The van der Waals surface area contributed by atoms with E-state index >= 15 is 0 Å². The Kier molecular flexibility index (Phi) is 4.72. The molecule has 0 aliphatic rings. The Balaban J connectivity index is 2.13. The maximum Gasteiger partial charge on any atom is 0.270 e. The van der Waals surface area contributed by atoms with E-state index in [4.69, 9.17) is 4.74 Å². The second-order valence-corrected chi connectivity index (χ2v) is 4.74. The fourth-order valence-electron chi connectivity index (χ4n) is 2.02. The van der Waals surface area contributed by atoms with Crippen LogP contribution in [0.1, 0.15) is 17.3 Å². The molecular formula is C14H16N4O4. The molecule has 116 valence electrons. The van der Waals surface area contributed by atoms with Crippen LogP contribution in [-0.4, -0.2) is 33.8 Å². The first-order chi connectivity index (χ1) is 10.5. The second-order valence-electron chi connectivity index (χ2n) is 4.74. The van der Waals surface area contributed by atoms with Crippen LogP contribution in [0.15, 0.2) is 36.7 Å². The van der Waals surface area contributed by atoms with Crippen molar-refractivity contribution in [3.8, 4) is 5.75 Å². The molecule has 1 atom stereocenters. The fourth-order valence-corrected chi connectivity index (χ4v) is 2.02. The molecule has 0 spiro atoms. The Hall–Kier alpha value is -2.90. The molecule has 2 rings (SSSR count). The number of nitro benzene ring substituents is 1. The predicted octanol–water partition coefficient (Wildman–Crippen LogP) is 1.62. The molecule has 0 saturated heterocycles. The van der Waals surface area contributed by atoms with Crippen LogP contribution in [0, 0.1) is 10.1 Å². The number of amides is 1. The zero-order chi connectivity index (χ0) is 16.1. The lowest BCUT2D eigenvalue weighted by molar-refractivity contribution is -0.384. The quantitative estimate of drug-likeness (QED) is 0.645. The topological polar surface area (TPSA) is 99.3 Å². The Morgan fingerprint density at radius 3 is 2.91 bits per heavy atom. The van der Waals surface area contributed by atoms with E-state index in [2.05, 4.69) is 10.4 Å². The van der Waals surface area contributed by atoms with Gasteiger partial charge in [0.1, 0.15) is 5.75 Å². The first-order valence-corrected chi connectivity index (χ1v) is 6.62. The number of nitrogens with zero attached hydrogens (tertiary/aromatic N) is 3. The lowest BCUT2D eigenvalue weighted by atomic mass is 10.1. The molecule has 1 aromatic heterocycles. The van der Waals surface area contributed by atoms with Crippen molar-refractivity contribution in [2.45, 2.75) is 19.5 Å². The van der Waals surface area contributed by atoms with Gasteiger partial charge in [-0.3, -0.25) is 19.6 Å². The van der Waals surface area contributed by atoms with Crippen LogP contribution in [0.2, 0.25) is 0 Å². The minimum absolute atomic E-state index is 0.129. The molecule has 0 aliphatic heterocycles. The van der Waals surface area contributed by atoms with Gasteiger partial charge in [0.05, 0.1) is 24.1 Å². The molecule has 2 aromatic rings. The monoisotopic (exact) mass is 304 g/mol. The SMILES string of the molecule is COc1ccc([N+](=O)[O-])cc1C(=O)N[C@H](C)Cn1cccn1. The Morgan fingerprint density at radius 1 is 1.55 bits per heavy atom. The molecule has 1 amide bonds. The fraction of sp³-hybridized carbons (Fsp3) is 0.286. The number of carbonyl (C=O) groups is 1. The molecular weight excluding hydrogens is 288 g/mol. The van der Waals surface area contributed by atoms with Crippen LogP contribution in [-0.2, 0) is 6.54 Å². The molecule has 0 fully saturated rings. The van der Waals surface area contributed by atoms with E-state index in [1.165, 1.54) is 25.3 Å². The van der Waals surface area contributed by atoms with Gasteiger partial charge in [0.15, 0.2) is 0 Å². The highest BCUT2D eigenvalue weighted by Crippen LogP contribution is 2.23. The van der Waals surface area contributed by atoms with E-state index in [0.29, 0.717) is 6.54 Å². The van der Waals surface area contributed by atoms with E-state index in [9.17, 15) is 14.9 Å². The summed E-state index contributed by atoms with van der Waals surface area (Å²) in [5.41, 5.74) is -0.0327. The third-order valence-electron chi connectivity index (χ3n) is 3.04. The van der Waals surface area contributed by atoms with Gasteiger partial charge in [0.25, 0.3) is 11.6 Å². The Morgan fingerprint density at radius 2 is 2.32 bits per heavy atom. The molecule has 1 aromatic carbocycles. The van der Waals surface area contributed by atoms with Gasteiger partial charge in [-0.25, -0.2) is 0 Å². The number of methoxy groups -OCH3 is 1. The minimum atomic E-state index is -0.552. The average molecular weight is 304 g/mol. The third-order valence-corrected chi connectivity index (χ3v) is 3.04. The highest BCUT2D eigenvalue weighted by molar-refractivity contribution is 5.97. The maximum atomic E-state index is 12.3. The lowest BCUT2D eigenvalue weighted by Crippen LogP contribution is -2.36. The number of nitro groups is 1. The predicted molar refractivity (Wildman–Crippen MR) is 78.8 cm³/mol. The zero-order valence-electron chi connectivity index (χ0n) is 12.2. The summed E-state index contributed by atoms with van der Waals surface area (Å²) in [6, 6.07) is 5.50. The van der Waals surface area contributed by atoms with Crippen molar-refractivity contribution < 1.29 is 14.5 Å². The van der Waals surface area contributed by atoms with E-state index in [1.807, 2.05) is 6.92 Å². The lowest BCUT2D eigenvalue weighted by Gasteiger charge is -2.15. The molecule has 0 aliphatic carbocycles. The second kappa shape index (κ2) is 6.70. The van der Waals surface area contributed by atoms with E-state index in [-0.39, 0.29) is 23.0 Å². The van der Waals surface area contributed by atoms with E-state index in [1.54, 1.807) is 23.1 Å². The summed E-state index contributed by atoms with van der Waals surface area (Å²) < 4.78 is 6.78. The maximum absolute atomic E-state index is 12.3. The van der Waals surface area contributed by atoms with Crippen molar-refractivity contribution in [2.24, 2.45) is 0 Å². The normalized spacial score (nSPS) is 11.7. The standard InChI is InChI=1S/C14H16N4O4/c1-10(9-17-7-3-6-15-17)16-14(19)12-8-11(18(20)21)4-5-13(12)22-2/h3-8,10H,9H2,1-2H3,(H,16,19)/t10-/m1/s1. The van der Waals surface area contributed by atoms with Crippen molar-refractivity contribution >= 4 is 11.6 Å². The largest absolute Gasteiger partial charge is 0.496 e. The summed E-state index contributed by atoms with van der Waals surface area (Å²) >= 11 is 0. The summed E-state index contributed by atoms with van der Waals surface area (Å²) in [6.45, 7) is 2.32. The van der Waals surface area contributed by atoms with Gasteiger partial charge in [0, 0.05) is 30.6 Å². The summed E-state index contributed by atoms with van der Waals surface area (Å²) in [4.78, 5) is 22.6. The first kappa shape index (κ1) is 15.5. The van der Waals surface area contributed by atoms with Gasteiger partial charge in [-0.05, 0) is 19.1 Å². The Labute approximate surface area is 126 Å². The van der Waals surface area contributed by atoms with Crippen LogP contribution in [0.5, 0.6) is 5.75 Å². The van der Waals surface area contributed by atoms with Crippen molar-refractivity contribution in [1.82, 2.24) is 15.1 Å². The molecule has 22 heavy (non-hydrogen) atoms. The van der Waals surface area contributed by atoms with Crippen LogP contribution >= 0.6 is 0 Å². The zero-order valence-corrected chi connectivity index (χ0v) is 12.2. The number of non-ortho nitro benzene ring substituents is 1. The van der Waals surface area contributed by atoms with Crippen LogP contribution in [0.3, 0.4) is 0 Å². The minimum Gasteiger partial charge on any atom is -0.496 e. The number of hydrogen-bond donors (Lipinski definition) is 1. The molecule has 1 heterocycles. The van der Waals surface area contributed by atoms with Crippen molar-refractivity contribution in [3.05, 3.63) is 52.3 Å². The van der Waals surface area contributed by atoms with E-state index < -0.39 is 10.8 Å². The van der Waals surface area contributed by atoms with Crippen LogP contribution in [0.25, 0.3) is 0 Å². The molecule has 8 heteroatoms. The molecule has 0 unspecified atom stereocenters. The molecule has 0 radical (unpaired) electrons. The Bertz CT molecular complexity index is 669. The first-order valence-electron chi connectivity index (χ1n) is 6.62. The number of hydrogen-bond acceptors (Lipinski definition) is 5. The molecule has 1 N–H and O–H groups in total. The molecule has 0 saturated carbocycles. The van der Waals surface area contributed by atoms with Gasteiger partial charge >= 0.3 is 0 Å². The summed E-state index contributed by atoms with van der Waals surface area (Å²) in [5.74, 6) is -0.144. The van der Waals surface area contributed by atoms with Crippen molar-refractivity contribution in [1.29, 1.82) is 0 Å². The number of aromatic nitrogens is 2. The van der Waals surface area contributed by atoms with Gasteiger partial charge in [-0.15, -0.1) is 0 Å². The van der Waals surface area contributed by atoms with Crippen LogP contribution < -0.4 is 10.1 Å². The van der Waals surface area contributed by atoms with Crippen LogP contribution in [0.4, 0.5) is 5.69 Å². The van der Waals surface area contributed by atoms with E-state index in [0.717, 1.165) is 0 Å². The third kappa shape index (κ3) is 3.60. The number of ether oxygens (including phenoxy) is 1. The summed E-state index contributed by atoms with van der Waals surface area (Å²) in [7, 11) is 1.41. The van der Waals surface area contributed by atoms with Gasteiger partial charge in [-0.2, -0.15) is 5.10 Å². The van der Waals surface area contributed by atoms with Crippen molar-refractivity contribution in [2.75, 3.05) is 7.11 Å². The van der Waals surface area contributed by atoms with Crippen molar-refractivity contribution in [3.63, 3.8) is 0 Å². The van der Waals surface area contributed by atoms with Gasteiger partial charge in [0.2, 0.25) is 0 Å². The number of benzene rings is 1. The smallest absolute Gasteiger partial charge is 0.270 e. The molecule has 8 nitrogen and oxygen atoms in total. The number of rotatable bonds is 6. The van der Waals surface area contributed by atoms with Gasteiger partial charge < -0.3 is 10.1 Å². The average Bonchev–Trinajstić information content (AvgIpc) is 2.99. The highest BCUT2D eigenvalue weighted by Gasteiger charge is 2.19. The van der Waals surface area contributed by atoms with Gasteiger partial charge in [-0.1, -0.05) is 0 Å². The number of nitrogens with one attached hydrogen (secondary N) is 1. The summed E-state index contributed by atoms with van der Waals surface area (Å²) in [6.07, 6.45) is 3.44. The summed E-state index contributed by atoms with van der Waals surface area (Å²) in [5, 5.41) is 17.7. The number of carbonyl (C=O) groups excluding carboxylic acids is 1. The highest BCUT2D eigenvalue weighted by atomic mass is 16.6.